The third-order valence-electron chi connectivity index (χ3n) is 3.65. The van der Waals surface area contributed by atoms with Crippen molar-refractivity contribution >= 4 is 28.0 Å². The molecule has 0 radical (unpaired) electrons. The Morgan fingerprint density at radius 1 is 1.00 bits per heavy atom. The predicted molar refractivity (Wildman–Crippen MR) is 95.7 cm³/mol. The number of nitrogens with zero attached hydrogens (tertiary/aromatic N) is 1. The van der Waals surface area contributed by atoms with E-state index < -0.39 is 11.0 Å². The molecule has 0 aromatic heterocycles. The molecular weight excluding hydrogens is 306 g/mol. The van der Waals surface area contributed by atoms with Gasteiger partial charge in [-0.3, -0.25) is 0 Å². The maximum Gasteiger partial charge on any atom is 0.172 e. The highest BCUT2D eigenvalue weighted by molar-refractivity contribution is 7.83. The monoisotopic (exact) mass is 323 g/mol. The van der Waals surface area contributed by atoms with Crippen molar-refractivity contribution in [1.82, 2.24) is 0 Å². The molecule has 3 rings (SSSR count). The minimum atomic E-state index is -1.43. The number of ether oxygens (including phenoxy) is 1. The Labute approximate surface area is 138 Å². The smallest absolute Gasteiger partial charge is 0.172 e. The molecule has 23 heavy (non-hydrogen) atoms. The van der Waals surface area contributed by atoms with Gasteiger partial charge in [0, 0.05) is 11.8 Å². The van der Waals surface area contributed by atoms with E-state index >= 15 is 0 Å². The average Bonchev–Trinajstić information content (AvgIpc) is 2.59. The van der Waals surface area contributed by atoms with Gasteiger partial charge in [-0.1, -0.05) is 48.0 Å². The van der Waals surface area contributed by atoms with Crippen LogP contribution in [0.25, 0.3) is 10.8 Å². The number of methoxy groups -OCH3 is 1. The van der Waals surface area contributed by atoms with Gasteiger partial charge >= 0.3 is 0 Å². The maximum atomic E-state index is 12.3. The van der Waals surface area contributed by atoms with Crippen molar-refractivity contribution in [3.05, 3.63) is 71.8 Å². The van der Waals surface area contributed by atoms with Gasteiger partial charge in [-0.05, 0) is 35.9 Å². The van der Waals surface area contributed by atoms with Crippen LogP contribution >= 0.6 is 0 Å². The Hall–Kier alpha value is -2.46. The first kappa shape index (κ1) is 15.4. The Morgan fingerprint density at radius 3 is 2.48 bits per heavy atom. The van der Waals surface area contributed by atoms with Gasteiger partial charge in [0.2, 0.25) is 0 Å². The molecule has 0 saturated heterocycles. The Morgan fingerprint density at radius 2 is 1.74 bits per heavy atom. The molecule has 4 heteroatoms. The molecule has 0 amide bonds. The molecule has 0 aliphatic rings. The van der Waals surface area contributed by atoms with Crippen LogP contribution in [0.5, 0.6) is 5.75 Å². The SMILES string of the molecule is COc1ccc2ccccc2c1/C=N/S(=O)c1ccc(C)cc1. The summed E-state index contributed by atoms with van der Waals surface area (Å²) in [6.45, 7) is 2.00. The van der Waals surface area contributed by atoms with Crippen molar-refractivity contribution < 1.29 is 8.95 Å². The first-order valence-electron chi connectivity index (χ1n) is 7.27. The van der Waals surface area contributed by atoms with Crippen molar-refractivity contribution in [2.24, 2.45) is 4.40 Å². The van der Waals surface area contributed by atoms with Gasteiger partial charge in [0.1, 0.15) is 5.75 Å². The standard InChI is InChI=1S/C19H17NO2S/c1-14-7-10-16(11-8-14)23(21)20-13-18-17-6-4-3-5-15(17)9-12-19(18)22-2/h3-13H,1-2H3/b20-13+. The molecule has 3 nitrogen and oxygen atoms in total. The fourth-order valence-electron chi connectivity index (χ4n) is 2.40. The lowest BCUT2D eigenvalue weighted by Gasteiger charge is -2.08. The predicted octanol–water partition coefficient (Wildman–Crippen LogP) is 4.30. The maximum absolute atomic E-state index is 12.3. The van der Waals surface area contributed by atoms with Crippen LogP contribution in [0.15, 0.2) is 70.0 Å². The molecule has 0 aliphatic carbocycles. The zero-order valence-corrected chi connectivity index (χ0v) is 13.8. The molecule has 3 aromatic rings. The number of rotatable bonds is 4. The topological polar surface area (TPSA) is 38.7 Å². The van der Waals surface area contributed by atoms with Crippen LogP contribution < -0.4 is 4.74 Å². The summed E-state index contributed by atoms with van der Waals surface area (Å²) < 4.78 is 22.0. The number of aryl methyl sites for hydroxylation is 1. The van der Waals surface area contributed by atoms with E-state index in [0.29, 0.717) is 10.6 Å². The second-order valence-corrected chi connectivity index (χ2v) is 6.38. The van der Waals surface area contributed by atoms with Gasteiger partial charge in [0.15, 0.2) is 11.0 Å². The van der Waals surface area contributed by atoms with Gasteiger partial charge in [-0.15, -0.1) is 0 Å². The summed E-state index contributed by atoms with van der Waals surface area (Å²) in [6.07, 6.45) is 1.64. The van der Waals surface area contributed by atoms with Gasteiger partial charge in [0.05, 0.1) is 12.0 Å². The lowest BCUT2D eigenvalue weighted by Crippen LogP contribution is -1.94. The molecule has 3 aromatic carbocycles. The fourth-order valence-corrected chi connectivity index (χ4v) is 3.09. The summed E-state index contributed by atoms with van der Waals surface area (Å²) in [5.74, 6) is 0.716. The van der Waals surface area contributed by atoms with Crippen LogP contribution in [0.3, 0.4) is 0 Å². The second-order valence-electron chi connectivity index (χ2n) is 5.20. The summed E-state index contributed by atoms with van der Waals surface area (Å²) in [7, 11) is 0.192. The summed E-state index contributed by atoms with van der Waals surface area (Å²) in [4.78, 5) is 0.686. The number of hydrogen-bond donors (Lipinski definition) is 0. The minimum absolute atomic E-state index is 0.686. The van der Waals surface area contributed by atoms with E-state index in [4.69, 9.17) is 4.74 Å². The van der Waals surface area contributed by atoms with Gasteiger partial charge in [-0.25, -0.2) is 4.21 Å². The molecule has 0 fully saturated rings. The minimum Gasteiger partial charge on any atom is -0.496 e. The van der Waals surface area contributed by atoms with Crippen LogP contribution in [-0.2, 0) is 11.0 Å². The highest BCUT2D eigenvalue weighted by Crippen LogP contribution is 2.26. The quantitative estimate of drug-likeness (QED) is 0.672. The Kier molecular flexibility index (Phi) is 4.53. The van der Waals surface area contributed by atoms with E-state index in [1.165, 1.54) is 0 Å². The van der Waals surface area contributed by atoms with Crippen LogP contribution in [-0.4, -0.2) is 17.5 Å². The molecule has 0 aliphatic heterocycles. The van der Waals surface area contributed by atoms with Gasteiger partial charge in [0.25, 0.3) is 0 Å². The van der Waals surface area contributed by atoms with E-state index in [1.807, 2.05) is 67.6 Å². The molecule has 0 N–H and O–H groups in total. The lowest BCUT2D eigenvalue weighted by atomic mass is 10.0. The zero-order valence-electron chi connectivity index (χ0n) is 13.0. The number of fused-ring (bicyclic) bond motifs is 1. The Balaban J connectivity index is 2.00. The van der Waals surface area contributed by atoms with Crippen molar-refractivity contribution in [2.75, 3.05) is 7.11 Å². The first-order valence-corrected chi connectivity index (χ1v) is 8.38. The molecular formula is C19H17NO2S. The van der Waals surface area contributed by atoms with Crippen molar-refractivity contribution in [3.8, 4) is 5.75 Å². The van der Waals surface area contributed by atoms with E-state index in [1.54, 1.807) is 13.3 Å². The highest BCUT2D eigenvalue weighted by Gasteiger charge is 2.07. The molecule has 0 spiro atoms. The van der Waals surface area contributed by atoms with Crippen LogP contribution in [0.2, 0.25) is 0 Å². The summed E-state index contributed by atoms with van der Waals surface area (Å²) >= 11 is 0. The zero-order chi connectivity index (χ0) is 16.2. The van der Waals surface area contributed by atoms with Crippen molar-refractivity contribution in [3.63, 3.8) is 0 Å². The summed E-state index contributed by atoms with van der Waals surface area (Å²) in [5.41, 5.74) is 1.97. The molecule has 1 atom stereocenters. The van der Waals surface area contributed by atoms with Crippen molar-refractivity contribution in [2.45, 2.75) is 11.8 Å². The third-order valence-corrected chi connectivity index (χ3v) is 4.62. The van der Waals surface area contributed by atoms with E-state index in [2.05, 4.69) is 4.40 Å². The fraction of sp³-hybridized carbons (Fsp3) is 0.105. The average molecular weight is 323 g/mol. The van der Waals surface area contributed by atoms with E-state index in [9.17, 15) is 4.21 Å². The second kappa shape index (κ2) is 6.75. The van der Waals surface area contributed by atoms with Crippen LogP contribution in [0, 0.1) is 6.92 Å². The molecule has 116 valence electrons. The Bertz CT molecular complexity index is 886. The summed E-state index contributed by atoms with van der Waals surface area (Å²) in [5, 5.41) is 2.12. The third kappa shape index (κ3) is 3.32. The number of benzene rings is 3. The van der Waals surface area contributed by atoms with Crippen LogP contribution in [0.1, 0.15) is 11.1 Å². The largest absolute Gasteiger partial charge is 0.496 e. The van der Waals surface area contributed by atoms with E-state index in [0.717, 1.165) is 21.9 Å². The molecule has 0 saturated carbocycles. The van der Waals surface area contributed by atoms with Gasteiger partial charge < -0.3 is 4.74 Å². The lowest BCUT2D eigenvalue weighted by molar-refractivity contribution is 0.415. The van der Waals surface area contributed by atoms with Gasteiger partial charge in [-0.2, -0.15) is 4.40 Å². The van der Waals surface area contributed by atoms with Crippen molar-refractivity contribution in [1.29, 1.82) is 0 Å². The number of hydrogen-bond acceptors (Lipinski definition) is 2. The highest BCUT2D eigenvalue weighted by atomic mass is 32.2. The molecule has 0 heterocycles. The normalized spacial score (nSPS) is 12.6. The summed E-state index contributed by atoms with van der Waals surface area (Å²) in [6, 6.07) is 19.4. The molecule has 0 bridgehead atoms. The van der Waals surface area contributed by atoms with E-state index in [-0.39, 0.29) is 0 Å². The van der Waals surface area contributed by atoms with Crippen LogP contribution in [0.4, 0.5) is 0 Å². The first-order chi connectivity index (χ1) is 11.2. The molecule has 1 unspecified atom stereocenters.